The van der Waals surface area contributed by atoms with Crippen LogP contribution in [-0.4, -0.2) is 161 Å². The van der Waals surface area contributed by atoms with Crippen LogP contribution in [0.1, 0.15) is 100 Å². The van der Waals surface area contributed by atoms with Gasteiger partial charge in [0, 0.05) is 51.1 Å². The molecule has 107 heavy (non-hydrogen) atoms. The first-order chi connectivity index (χ1) is 51.8. The van der Waals surface area contributed by atoms with Gasteiger partial charge in [0.1, 0.15) is 31.9 Å². The highest BCUT2D eigenvalue weighted by Crippen LogP contribution is 2.28. The molecule has 568 valence electrons. The molecule has 26 heteroatoms. The summed E-state index contributed by atoms with van der Waals surface area (Å²) in [5.74, 6) is -2.01. The number of oxazole rings is 1. The predicted molar refractivity (Wildman–Crippen MR) is 416 cm³/mol. The Bertz CT molecular complexity index is 4100. The third-order valence-corrected chi connectivity index (χ3v) is 19.1. The maximum atomic E-state index is 12.8. The second kappa shape index (κ2) is 50.2. The number of amides is 4. The highest BCUT2D eigenvalue weighted by Gasteiger charge is 2.25. The molecule has 0 radical (unpaired) electrons. The van der Waals surface area contributed by atoms with Crippen LogP contribution in [0.25, 0.3) is 0 Å². The molecular weight excluding hydrogens is 1440 g/mol. The highest BCUT2D eigenvalue weighted by atomic mass is 32.2. The number of hydrogen-bond acceptors (Lipinski definition) is 22. The molecule has 9 rings (SSSR count). The Morgan fingerprint density at radius 2 is 0.804 bits per heavy atom. The average Bonchev–Trinajstić information content (AvgIpc) is 1.81. The summed E-state index contributed by atoms with van der Waals surface area (Å²) in [6.07, 6.45) is 5.97. The quantitative estimate of drug-likeness (QED) is 0.0216. The molecule has 0 bridgehead atoms. The molecule has 0 aliphatic heterocycles. The van der Waals surface area contributed by atoms with Crippen molar-refractivity contribution in [2.24, 2.45) is 0 Å². The first-order valence-electron chi connectivity index (χ1n) is 34.5. The number of aromatic nitrogens is 1. The van der Waals surface area contributed by atoms with E-state index in [1.807, 2.05) is 172 Å². The first-order valence-corrected chi connectivity index (χ1v) is 38.6. The largest absolute Gasteiger partial charge is 0.465 e. The molecule has 22 nitrogen and oxygen atoms in total. The maximum Gasteiger partial charge on any atom is 0.416 e. The molecule has 0 unspecified atom stereocenters. The monoisotopic (exact) mass is 1530 g/mol. The van der Waals surface area contributed by atoms with E-state index in [0.29, 0.717) is 56.6 Å². The minimum atomic E-state index is -0.590. The van der Waals surface area contributed by atoms with Crippen LogP contribution >= 0.6 is 46.2 Å². The van der Waals surface area contributed by atoms with Crippen LogP contribution in [0.3, 0.4) is 0 Å². The molecule has 6 aromatic carbocycles. The van der Waals surface area contributed by atoms with Crippen LogP contribution in [0, 0.1) is 6.92 Å². The van der Waals surface area contributed by atoms with Crippen LogP contribution in [0.2, 0.25) is 0 Å². The summed E-state index contributed by atoms with van der Waals surface area (Å²) in [7, 11) is 0. The Labute approximate surface area is 643 Å². The zero-order chi connectivity index (χ0) is 77.6. The Morgan fingerprint density at radius 3 is 1.23 bits per heavy atom. The molecule has 0 spiro atoms. The molecule has 0 saturated heterocycles. The number of benzene rings is 6. The summed E-state index contributed by atoms with van der Waals surface area (Å²) in [6, 6.07) is 63.2. The molecule has 0 aliphatic carbocycles. The molecule has 4 amide bonds. The van der Waals surface area contributed by atoms with Gasteiger partial charge in [-0.3, -0.25) is 48.2 Å². The number of carbonyl (C=O) groups is 9. The van der Waals surface area contributed by atoms with E-state index in [2.05, 4.69) is 40.4 Å². The van der Waals surface area contributed by atoms with Crippen LogP contribution in [0.4, 0.5) is 4.79 Å². The second-order valence-electron chi connectivity index (χ2n) is 22.9. The lowest BCUT2D eigenvalue weighted by Crippen LogP contribution is -2.37. The molecule has 0 fully saturated rings. The number of para-hydroxylation sites is 1. The van der Waals surface area contributed by atoms with Crippen molar-refractivity contribution >= 4 is 99.9 Å². The topological polar surface area (TPSA) is 251 Å². The Kier molecular flexibility index (Phi) is 40.9. The summed E-state index contributed by atoms with van der Waals surface area (Å²) < 4.78 is 37.4. The summed E-state index contributed by atoms with van der Waals surface area (Å²) in [4.78, 5) is 121. The van der Waals surface area contributed by atoms with E-state index < -0.39 is 23.9 Å². The van der Waals surface area contributed by atoms with Gasteiger partial charge in [-0.2, -0.15) is 0 Å². The van der Waals surface area contributed by atoms with Gasteiger partial charge in [-0.15, -0.1) is 46.2 Å². The number of rotatable bonds is 32. The van der Waals surface area contributed by atoms with E-state index in [1.165, 1.54) is 60.2 Å². The van der Waals surface area contributed by atoms with Crippen molar-refractivity contribution in [1.29, 1.82) is 0 Å². The molecule has 9 aromatic rings. The standard InChI is InChI=1S/C18H19NO4.C18H21NO3S2.C17H21NO2S2.C15H16N2O4.C13H17NO3/c1-2-22-17(20)14-19(13-15-9-5-3-6-10-15)18(21)23-16-11-7-4-8-12-16;1-4-22-16(20)12-19(11-14-8-6-5-7-13(14)2)18(21)15-9-10-17(23-3)24-15;1-3-20-16(19)13-18(11-14-7-5-4-6-8-14)12-15-9-10-17(21-2)22-15;1-2-20-14(18)10-17(9-12-6-4-3-5-7-12)15(19)13-8-16-11-21-13;1-3-17-13(16)10-14(11(2)15)9-12-7-5-4-6-8-12/h3-12H,2,13-14H2,1H3;5-10H,4,11-12H2,1-3H3;4-10H,3,11-13H2,1-2H3;3-8,11H,2,9-10H2,1H3;4-8H,3,9-10H2,1-2H3. The van der Waals surface area contributed by atoms with Gasteiger partial charge in [0.25, 0.3) is 11.8 Å². The van der Waals surface area contributed by atoms with Gasteiger partial charge in [-0.1, -0.05) is 164 Å². The summed E-state index contributed by atoms with van der Waals surface area (Å²) in [5.41, 5.74) is 6.13. The van der Waals surface area contributed by atoms with Crippen LogP contribution in [-0.2, 0) is 91.7 Å². The van der Waals surface area contributed by atoms with Crippen molar-refractivity contribution in [1.82, 2.24) is 29.5 Å². The van der Waals surface area contributed by atoms with Crippen LogP contribution < -0.4 is 4.74 Å². The zero-order valence-corrected chi connectivity index (χ0v) is 65.1. The first kappa shape index (κ1) is 87.3. The smallest absolute Gasteiger partial charge is 0.416 e. The fourth-order valence-electron chi connectivity index (χ4n) is 9.72. The minimum absolute atomic E-state index is 0.00192. The average molecular weight is 1540 g/mol. The summed E-state index contributed by atoms with van der Waals surface area (Å²) in [6.45, 7) is 16.7. The van der Waals surface area contributed by atoms with Gasteiger partial charge in [0.2, 0.25) is 11.7 Å². The van der Waals surface area contributed by atoms with E-state index in [1.54, 1.807) is 91.7 Å². The van der Waals surface area contributed by atoms with Crippen LogP contribution in [0.5, 0.6) is 5.75 Å². The SMILES string of the molecule is CCOC(=O)CN(Cc1ccccc1)C(=O)Oc1ccccc1.CCOC(=O)CN(Cc1ccccc1)C(=O)c1cnco1.CCOC(=O)CN(Cc1ccccc1)C(C)=O.CCOC(=O)CN(Cc1ccccc1)Cc1ccc(SC)s1.CCOC(=O)CN(Cc1ccccc1C)C(=O)c1ccc(SC)s1. The zero-order valence-electron chi connectivity index (χ0n) is 61.9. The number of hydrogen-bond donors (Lipinski definition) is 0. The van der Waals surface area contributed by atoms with E-state index >= 15 is 0 Å². The van der Waals surface area contributed by atoms with E-state index in [0.717, 1.165) is 45.1 Å². The normalized spacial score (nSPS) is 10.3. The number of aryl methyl sites for hydroxylation is 1. The minimum Gasteiger partial charge on any atom is -0.465 e. The lowest BCUT2D eigenvalue weighted by atomic mass is 10.1. The summed E-state index contributed by atoms with van der Waals surface area (Å²) >= 11 is 6.58. The van der Waals surface area contributed by atoms with Gasteiger partial charge < -0.3 is 47.5 Å². The second-order valence-corrected chi connectivity index (χ2v) is 27.4. The van der Waals surface area contributed by atoms with Gasteiger partial charge >= 0.3 is 35.9 Å². The fraction of sp³-hybridized carbons (Fsp3) is 0.309. The number of esters is 5. The lowest BCUT2D eigenvalue weighted by molar-refractivity contribution is -0.148. The molecule has 0 saturated carbocycles. The van der Waals surface area contributed by atoms with Crippen molar-refractivity contribution in [3.63, 3.8) is 0 Å². The highest BCUT2D eigenvalue weighted by molar-refractivity contribution is 8.00. The fourth-order valence-corrected chi connectivity index (χ4v) is 12.9. The molecular formula is C81H94N6O16S4. The van der Waals surface area contributed by atoms with Crippen molar-refractivity contribution < 1.29 is 76.0 Å². The number of carbonyl (C=O) groups excluding carboxylic acids is 9. The number of thioether (sulfide) groups is 2. The van der Waals surface area contributed by atoms with Crippen molar-refractivity contribution in [2.75, 3.05) is 78.3 Å². The van der Waals surface area contributed by atoms with Crippen molar-refractivity contribution in [2.45, 2.75) is 96.2 Å². The van der Waals surface area contributed by atoms with Gasteiger partial charge in [0.15, 0.2) is 6.39 Å². The summed E-state index contributed by atoms with van der Waals surface area (Å²) in [5, 5.41) is 0. The van der Waals surface area contributed by atoms with Gasteiger partial charge in [0.05, 0.1) is 59.1 Å². The molecule has 0 atom stereocenters. The van der Waals surface area contributed by atoms with E-state index in [9.17, 15) is 43.2 Å². The van der Waals surface area contributed by atoms with Crippen molar-refractivity contribution in [3.05, 3.63) is 262 Å². The van der Waals surface area contributed by atoms with Crippen LogP contribution in [0.15, 0.2) is 226 Å². The molecule has 0 aliphatic rings. The maximum absolute atomic E-state index is 12.8. The van der Waals surface area contributed by atoms with E-state index in [-0.39, 0.29) is 81.4 Å². The van der Waals surface area contributed by atoms with Gasteiger partial charge in [-0.05, 0) is 124 Å². The molecule has 3 aromatic heterocycles. The third kappa shape index (κ3) is 34.2. The molecule has 0 N–H and O–H groups in total. The molecule has 3 heterocycles. The predicted octanol–water partition coefficient (Wildman–Crippen LogP) is 14.7. The number of ether oxygens (including phenoxy) is 6. The Hall–Kier alpha value is -10.4. The lowest BCUT2D eigenvalue weighted by Gasteiger charge is -2.22. The number of thiophene rings is 2. The Morgan fingerprint density at radius 1 is 0.411 bits per heavy atom. The van der Waals surface area contributed by atoms with Crippen molar-refractivity contribution in [3.8, 4) is 5.75 Å². The van der Waals surface area contributed by atoms with Gasteiger partial charge in [-0.25, -0.2) is 9.78 Å². The van der Waals surface area contributed by atoms with E-state index in [4.69, 9.17) is 32.8 Å². The number of nitrogens with zero attached hydrogens (tertiary/aromatic N) is 6. The Balaban J connectivity index is 0.000000241. The third-order valence-electron chi connectivity index (χ3n) is 14.8.